The molecule has 0 heterocycles. The first-order valence-electron chi connectivity index (χ1n) is 19.3. The largest absolute Gasteiger partial charge is 0.459 e. The van der Waals surface area contributed by atoms with E-state index in [-0.39, 0.29) is 11.1 Å². The highest BCUT2D eigenvalue weighted by Gasteiger charge is 2.32. The van der Waals surface area contributed by atoms with Crippen LogP contribution < -0.4 is 0 Å². The van der Waals surface area contributed by atoms with Gasteiger partial charge in [0.2, 0.25) is 0 Å². The van der Waals surface area contributed by atoms with Gasteiger partial charge in [0.1, 0.15) is 0 Å². The number of unbranched alkanes of at least 4 members (excludes halogenated alkanes) is 4. The Labute approximate surface area is 319 Å². The van der Waals surface area contributed by atoms with Crippen LogP contribution in [-0.2, 0) is 28.7 Å². The molecule has 12 heteroatoms. The summed E-state index contributed by atoms with van der Waals surface area (Å²) in [5, 5.41) is 0. The molecular formula is C42H58O12. The minimum Gasteiger partial charge on any atom is -0.459 e. The summed E-state index contributed by atoms with van der Waals surface area (Å²) in [7, 11) is 0. The van der Waals surface area contributed by atoms with Crippen molar-refractivity contribution in [3.05, 3.63) is 69.8 Å². The van der Waals surface area contributed by atoms with Gasteiger partial charge in [0.15, 0.2) is 0 Å². The molecule has 0 amide bonds. The zero-order valence-corrected chi connectivity index (χ0v) is 33.2. The molecule has 0 saturated carbocycles. The summed E-state index contributed by atoms with van der Waals surface area (Å²) in [6.45, 7) is 14.9. The van der Waals surface area contributed by atoms with Crippen LogP contribution in [0.3, 0.4) is 0 Å². The zero-order valence-electron chi connectivity index (χ0n) is 33.2. The van der Waals surface area contributed by atoms with E-state index < -0.39 is 82.5 Å². The van der Waals surface area contributed by atoms with Gasteiger partial charge in [0.05, 0.1) is 57.8 Å². The fourth-order valence-corrected chi connectivity index (χ4v) is 5.57. The summed E-state index contributed by atoms with van der Waals surface area (Å²) in [6.07, 6.45) is 6.97. The molecule has 0 N–H and O–H groups in total. The number of ether oxygens (including phenoxy) is 4. The highest BCUT2D eigenvalue weighted by molar-refractivity contribution is 6.12. The van der Waals surface area contributed by atoms with Crippen molar-refractivity contribution in [2.45, 2.75) is 157 Å². The Hall–Kier alpha value is -4.74. The predicted octanol–water partition coefficient (Wildman–Crippen LogP) is 9.56. The fourth-order valence-electron chi connectivity index (χ4n) is 5.57. The smallest absolute Gasteiger partial charge is 0.387 e. The number of benzene rings is 2. The normalized spacial score (nSPS) is 13.1. The molecule has 0 radical (unpaired) electrons. The molecule has 4 atom stereocenters. The number of carbonyl (C=O) groups excluding carboxylic acids is 6. The Bertz CT molecular complexity index is 1450. The van der Waals surface area contributed by atoms with Crippen molar-refractivity contribution in [1.82, 2.24) is 0 Å². The second-order valence-corrected chi connectivity index (χ2v) is 13.6. The van der Waals surface area contributed by atoms with Gasteiger partial charge in [-0.3, -0.25) is 0 Å². The molecule has 54 heavy (non-hydrogen) atoms. The van der Waals surface area contributed by atoms with Gasteiger partial charge in [-0.15, -0.1) is 0 Å². The van der Waals surface area contributed by atoms with Crippen molar-refractivity contribution in [3.63, 3.8) is 0 Å². The molecule has 0 bridgehead atoms. The standard InChI is InChI=1S/C42H58O12/c1-9-13-19-27(5)49-37(43)31-23-17-25-33(35(31)41(47)51-29(7)21-15-11-3)39(45)53-54-40(46)34-26-18-24-32(38(44)50-28(6)20-14-10-2)36(34)42(48)52-30(8)22-16-12-4/h17-18,23-30H,9-16,19-22H2,1-8H3. The second kappa shape index (κ2) is 23.8. The molecule has 2 aromatic rings. The molecule has 2 aromatic carbocycles. The third-order valence-corrected chi connectivity index (χ3v) is 8.70. The van der Waals surface area contributed by atoms with Crippen molar-refractivity contribution < 1.29 is 57.5 Å². The summed E-state index contributed by atoms with van der Waals surface area (Å²) in [4.78, 5) is 90.7. The van der Waals surface area contributed by atoms with E-state index >= 15 is 0 Å². The van der Waals surface area contributed by atoms with Crippen LogP contribution in [0.25, 0.3) is 0 Å². The second-order valence-electron chi connectivity index (χ2n) is 13.6. The quantitative estimate of drug-likeness (QED) is 0.0486. The van der Waals surface area contributed by atoms with Crippen LogP contribution in [0.2, 0.25) is 0 Å². The highest BCUT2D eigenvalue weighted by Crippen LogP contribution is 2.24. The van der Waals surface area contributed by atoms with Crippen LogP contribution in [0.1, 0.15) is 195 Å². The SMILES string of the molecule is CCCCC(C)OC(=O)c1cccc(C(=O)OOC(=O)c2cccc(C(=O)OC(C)CCCC)c2C(=O)OC(C)CCCC)c1C(=O)OC(C)CCCC. The van der Waals surface area contributed by atoms with E-state index in [1.54, 1.807) is 27.7 Å². The Balaban J connectivity index is 2.49. The van der Waals surface area contributed by atoms with Crippen molar-refractivity contribution in [3.8, 4) is 0 Å². The molecule has 298 valence electrons. The maximum Gasteiger partial charge on any atom is 0.387 e. The van der Waals surface area contributed by atoms with Crippen molar-refractivity contribution in [1.29, 1.82) is 0 Å². The first-order valence-corrected chi connectivity index (χ1v) is 19.3. The number of carbonyl (C=O) groups is 6. The number of esters is 4. The molecule has 0 aliphatic heterocycles. The maximum absolute atomic E-state index is 13.6. The lowest BCUT2D eigenvalue weighted by atomic mass is 10.0. The monoisotopic (exact) mass is 754 g/mol. The Kier molecular flexibility index (Phi) is 20.0. The number of hydrogen-bond donors (Lipinski definition) is 0. The molecule has 0 aliphatic rings. The first kappa shape index (κ1) is 45.4. The van der Waals surface area contributed by atoms with Gasteiger partial charge in [0, 0.05) is 0 Å². The van der Waals surface area contributed by atoms with Gasteiger partial charge in [-0.1, -0.05) is 91.2 Å². The van der Waals surface area contributed by atoms with Crippen molar-refractivity contribution in [2.75, 3.05) is 0 Å². The van der Waals surface area contributed by atoms with Gasteiger partial charge in [-0.2, -0.15) is 0 Å². The minimum atomic E-state index is -1.30. The predicted molar refractivity (Wildman–Crippen MR) is 201 cm³/mol. The maximum atomic E-state index is 13.6. The van der Waals surface area contributed by atoms with Crippen LogP contribution in [0.5, 0.6) is 0 Å². The number of rotatable bonds is 22. The van der Waals surface area contributed by atoms with E-state index in [4.69, 9.17) is 28.7 Å². The lowest BCUT2D eigenvalue weighted by Crippen LogP contribution is -2.25. The Morgan fingerprint density at radius 1 is 0.407 bits per heavy atom. The fraction of sp³-hybridized carbons (Fsp3) is 0.571. The van der Waals surface area contributed by atoms with Crippen LogP contribution >= 0.6 is 0 Å². The number of hydrogen-bond acceptors (Lipinski definition) is 12. The topological polar surface area (TPSA) is 158 Å². The molecule has 0 spiro atoms. The molecule has 12 nitrogen and oxygen atoms in total. The summed E-state index contributed by atoms with van der Waals surface area (Å²) in [5.41, 5.74) is -2.13. The lowest BCUT2D eigenvalue weighted by Gasteiger charge is -2.18. The Morgan fingerprint density at radius 3 is 0.907 bits per heavy atom. The van der Waals surface area contributed by atoms with Crippen LogP contribution in [0, 0.1) is 0 Å². The van der Waals surface area contributed by atoms with Crippen molar-refractivity contribution >= 4 is 35.8 Å². The van der Waals surface area contributed by atoms with Gasteiger partial charge in [-0.05, 0) is 77.6 Å². The van der Waals surface area contributed by atoms with Crippen LogP contribution in [0.15, 0.2) is 36.4 Å². The average molecular weight is 755 g/mol. The zero-order chi connectivity index (χ0) is 40.2. The highest BCUT2D eigenvalue weighted by atomic mass is 17.2. The third kappa shape index (κ3) is 14.2. The van der Waals surface area contributed by atoms with E-state index in [2.05, 4.69) is 0 Å². The Morgan fingerprint density at radius 2 is 0.648 bits per heavy atom. The van der Waals surface area contributed by atoms with Crippen LogP contribution in [-0.4, -0.2) is 60.2 Å². The van der Waals surface area contributed by atoms with Crippen molar-refractivity contribution in [2.24, 2.45) is 0 Å². The summed E-state index contributed by atoms with van der Waals surface area (Å²) < 4.78 is 22.4. The molecule has 0 saturated heterocycles. The van der Waals surface area contributed by atoms with Gasteiger partial charge < -0.3 is 18.9 Å². The first-order chi connectivity index (χ1) is 25.8. The van der Waals surface area contributed by atoms with Gasteiger partial charge >= 0.3 is 35.8 Å². The third-order valence-electron chi connectivity index (χ3n) is 8.70. The van der Waals surface area contributed by atoms with Crippen LogP contribution in [0.4, 0.5) is 0 Å². The summed E-state index contributed by atoms with van der Waals surface area (Å²) >= 11 is 0. The average Bonchev–Trinajstić information content (AvgIpc) is 3.15. The van der Waals surface area contributed by atoms with E-state index in [0.717, 1.165) is 51.4 Å². The molecule has 0 fully saturated rings. The van der Waals surface area contributed by atoms with E-state index in [9.17, 15) is 28.8 Å². The van der Waals surface area contributed by atoms with E-state index in [0.29, 0.717) is 25.7 Å². The summed E-state index contributed by atoms with van der Waals surface area (Å²) in [6, 6.07) is 7.81. The van der Waals surface area contributed by atoms with E-state index in [1.807, 2.05) is 27.7 Å². The lowest BCUT2D eigenvalue weighted by molar-refractivity contribution is -0.187. The van der Waals surface area contributed by atoms with Gasteiger partial charge in [-0.25, -0.2) is 38.5 Å². The molecule has 0 aliphatic carbocycles. The molecular weight excluding hydrogens is 696 g/mol. The minimum absolute atomic E-state index is 0.228. The molecule has 0 aromatic heterocycles. The molecule has 2 rings (SSSR count). The van der Waals surface area contributed by atoms with E-state index in [1.165, 1.54) is 36.4 Å². The summed E-state index contributed by atoms with van der Waals surface area (Å²) in [5.74, 6) is -6.23. The molecule has 4 unspecified atom stereocenters. The van der Waals surface area contributed by atoms with Gasteiger partial charge in [0.25, 0.3) is 0 Å².